The highest BCUT2D eigenvalue weighted by Gasteiger charge is 2.18. The van der Waals surface area contributed by atoms with Gasteiger partial charge in [0, 0.05) is 18.0 Å². The third-order valence-electron chi connectivity index (χ3n) is 2.07. The van der Waals surface area contributed by atoms with Gasteiger partial charge in [-0.25, -0.2) is 4.98 Å². The first-order chi connectivity index (χ1) is 6.83. The Morgan fingerprint density at radius 2 is 2.43 bits per heavy atom. The third-order valence-corrected chi connectivity index (χ3v) is 3.09. The summed E-state index contributed by atoms with van der Waals surface area (Å²) >= 11 is 2.39. The highest BCUT2D eigenvalue weighted by Crippen LogP contribution is 2.29. The molecular formula is C11H11IN2. The summed E-state index contributed by atoms with van der Waals surface area (Å²) in [5.41, 5.74) is 1.18. The monoisotopic (exact) mass is 298 g/mol. The topological polar surface area (TPSA) is 16.1 Å². The minimum absolute atomic E-state index is 0.353. The number of rotatable bonds is 1. The van der Waals surface area contributed by atoms with Gasteiger partial charge in [0.25, 0.3) is 0 Å². The van der Waals surface area contributed by atoms with Crippen molar-refractivity contribution < 1.29 is 0 Å². The number of halogens is 1. The van der Waals surface area contributed by atoms with E-state index in [1.807, 2.05) is 25.3 Å². The van der Waals surface area contributed by atoms with E-state index in [-0.39, 0.29) is 0 Å². The van der Waals surface area contributed by atoms with Crippen LogP contribution in [0.1, 0.15) is 12.5 Å². The van der Waals surface area contributed by atoms with Crippen LogP contribution in [0.5, 0.6) is 0 Å². The first kappa shape index (κ1) is 9.71. The largest absolute Gasteiger partial charge is 0.317 e. The molecule has 2 heterocycles. The van der Waals surface area contributed by atoms with Gasteiger partial charge in [0.15, 0.2) is 0 Å². The second kappa shape index (κ2) is 4.13. The number of anilines is 1. The molecule has 0 saturated carbocycles. The Bertz CT molecular complexity index is 385. The fourth-order valence-electron chi connectivity index (χ4n) is 1.46. The van der Waals surface area contributed by atoms with Crippen LogP contribution in [-0.2, 0) is 0 Å². The summed E-state index contributed by atoms with van der Waals surface area (Å²) in [6.07, 6.45) is 10.2. The molecule has 0 spiro atoms. The predicted molar refractivity (Wildman–Crippen MR) is 68.4 cm³/mol. The molecule has 0 saturated heterocycles. The first-order valence-corrected chi connectivity index (χ1v) is 5.76. The van der Waals surface area contributed by atoms with Crippen LogP contribution in [0.3, 0.4) is 0 Å². The van der Waals surface area contributed by atoms with Crippen LogP contribution < -0.4 is 4.90 Å². The van der Waals surface area contributed by atoms with Gasteiger partial charge < -0.3 is 4.90 Å². The Morgan fingerprint density at radius 1 is 1.57 bits per heavy atom. The van der Waals surface area contributed by atoms with E-state index < -0.39 is 0 Å². The van der Waals surface area contributed by atoms with Gasteiger partial charge in [-0.15, -0.1) is 0 Å². The third kappa shape index (κ3) is 1.68. The fourth-order valence-corrected chi connectivity index (χ4v) is 2.12. The summed E-state index contributed by atoms with van der Waals surface area (Å²) in [4.78, 5) is 6.55. The Labute approximate surface area is 97.5 Å². The summed E-state index contributed by atoms with van der Waals surface area (Å²) in [5, 5.41) is 0. The molecule has 3 heteroatoms. The summed E-state index contributed by atoms with van der Waals surface area (Å²) in [7, 11) is 0. The molecule has 0 aliphatic carbocycles. The standard InChI is InChI=1S/C11H11IN2/c1-2-8-14-10(12)6-5-9-4-3-7-13-11(9)14/h2-8,10H,1H3. The second-order valence-electron chi connectivity index (χ2n) is 3.04. The molecule has 2 nitrogen and oxygen atoms in total. The summed E-state index contributed by atoms with van der Waals surface area (Å²) < 4.78 is 0.353. The molecule has 0 amide bonds. The molecular weight excluding hydrogens is 287 g/mol. The minimum Gasteiger partial charge on any atom is -0.317 e. The van der Waals surface area contributed by atoms with Gasteiger partial charge in [-0.05, 0) is 19.1 Å². The van der Waals surface area contributed by atoms with Gasteiger partial charge >= 0.3 is 0 Å². The molecule has 0 N–H and O–H groups in total. The van der Waals surface area contributed by atoms with Gasteiger partial charge in [0.05, 0.1) is 0 Å². The lowest BCUT2D eigenvalue weighted by Gasteiger charge is -2.27. The molecule has 1 aromatic rings. The molecule has 72 valence electrons. The molecule has 0 bridgehead atoms. The van der Waals surface area contributed by atoms with Crippen molar-refractivity contribution in [3.8, 4) is 0 Å². The van der Waals surface area contributed by atoms with Gasteiger partial charge in [-0.1, -0.05) is 40.8 Å². The van der Waals surface area contributed by atoms with Gasteiger partial charge in [-0.3, -0.25) is 0 Å². The Balaban J connectivity index is 2.47. The minimum atomic E-state index is 0.353. The molecule has 1 atom stereocenters. The van der Waals surface area contributed by atoms with Gasteiger partial charge in [0.2, 0.25) is 0 Å². The van der Waals surface area contributed by atoms with E-state index in [4.69, 9.17) is 0 Å². The molecule has 2 rings (SSSR count). The fraction of sp³-hybridized carbons (Fsp3) is 0.182. The van der Waals surface area contributed by atoms with Crippen LogP contribution in [0.15, 0.2) is 36.7 Å². The van der Waals surface area contributed by atoms with E-state index in [2.05, 4.69) is 56.9 Å². The Morgan fingerprint density at radius 3 is 3.21 bits per heavy atom. The van der Waals surface area contributed by atoms with Crippen LogP contribution in [0.4, 0.5) is 5.82 Å². The molecule has 0 aromatic carbocycles. The summed E-state index contributed by atoms with van der Waals surface area (Å²) in [5.74, 6) is 1.03. The summed E-state index contributed by atoms with van der Waals surface area (Å²) in [6, 6.07) is 4.04. The van der Waals surface area contributed by atoms with Crippen molar-refractivity contribution in [3.05, 3.63) is 42.2 Å². The molecule has 14 heavy (non-hydrogen) atoms. The Hall–Kier alpha value is -0.840. The van der Waals surface area contributed by atoms with Crippen LogP contribution in [0.25, 0.3) is 6.08 Å². The number of aromatic nitrogens is 1. The van der Waals surface area contributed by atoms with Crippen molar-refractivity contribution in [3.63, 3.8) is 0 Å². The summed E-state index contributed by atoms with van der Waals surface area (Å²) in [6.45, 7) is 2.02. The van der Waals surface area contributed by atoms with E-state index in [1.54, 1.807) is 0 Å². The maximum Gasteiger partial charge on any atom is 0.140 e. The van der Waals surface area contributed by atoms with Crippen molar-refractivity contribution in [2.75, 3.05) is 4.90 Å². The molecule has 0 radical (unpaired) electrons. The van der Waals surface area contributed by atoms with Gasteiger partial charge in [0.1, 0.15) is 9.87 Å². The normalized spacial score (nSPS) is 20.1. The van der Waals surface area contributed by atoms with Crippen molar-refractivity contribution in [2.45, 2.75) is 11.0 Å². The molecule has 1 unspecified atom stereocenters. The number of fused-ring (bicyclic) bond motifs is 1. The lowest BCUT2D eigenvalue weighted by Crippen LogP contribution is -2.27. The van der Waals surface area contributed by atoms with E-state index in [9.17, 15) is 0 Å². The number of pyridine rings is 1. The number of alkyl halides is 1. The van der Waals surface area contributed by atoms with E-state index in [0.29, 0.717) is 4.05 Å². The van der Waals surface area contributed by atoms with Crippen LogP contribution in [0, 0.1) is 0 Å². The predicted octanol–water partition coefficient (Wildman–Crippen LogP) is 3.21. The van der Waals surface area contributed by atoms with E-state index in [1.165, 1.54) is 5.56 Å². The van der Waals surface area contributed by atoms with Crippen molar-refractivity contribution in [2.24, 2.45) is 0 Å². The molecule has 0 fully saturated rings. The van der Waals surface area contributed by atoms with Gasteiger partial charge in [-0.2, -0.15) is 0 Å². The molecule has 1 aliphatic heterocycles. The number of nitrogens with zero attached hydrogens (tertiary/aromatic N) is 2. The molecule has 1 aliphatic rings. The van der Waals surface area contributed by atoms with E-state index in [0.717, 1.165) is 5.82 Å². The lowest BCUT2D eigenvalue weighted by molar-refractivity contribution is 1.000. The maximum absolute atomic E-state index is 4.39. The number of allylic oxidation sites excluding steroid dienone is 1. The van der Waals surface area contributed by atoms with E-state index >= 15 is 0 Å². The second-order valence-corrected chi connectivity index (χ2v) is 4.31. The number of hydrogen-bond donors (Lipinski definition) is 0. The average molecular weight is 298 g/mol. The number of hydrogen-bond acceptors (Lipinski definition) is 2. The van der Waals surface area contributed by atoms with Crippen molar-refractivity contribution in [1.29, 1.82) is 0 Å². The maximum atomic E-state index is 4.39. The zero-order valence-electron chi connectivity index (χ0n) is 7.89. The quantitative estimate of drug-likeness (QED) is 0.449. The zero-order chi connectivity index (χ0) is 9.97. The highest BCUT2D eigenvalue weighted by molar-refractivity contribution is 14.1. The Kier molecular flexibility index (Phi) is 2.86. The van der Waals surface area contributed by atoms with Crippen LogP contribution >= 0.6 is 22.6 Å². The van der Waals surface area contributed by atoms with Crippen molar-refractivity contribution >= 4 is 34.5 Å². The highest BCUT2D eigenvalue weighted by atomic mass is 127. The average Bonchev–Trinajstić information content (AvgIpc) is 2.23. The zero-order valence-corrected chi connectivity index (χ0v) is 10.0. The first-order valence-electron chi connectivity index (χ1n) is 4.51. The van der Waals surface area contributed by atoms with Crippen LogP contribution in [0.2, 0.25) is 0 Å². The lowest BCUT2D eigenvalue weighted by atomic mass is 10.2. The smallest absolute Gasteiger partial charge is 0.140 e. The van der Waals surface area contributed by atoms with Crippen molar-refractivity contribution in [1.82, 2.24) is 4.98 Å². The molecule has 1 aromatic heterocycles. The van der Waals surface area contributed by atoms with Crippen LogP contribution in [-0.4, -0.2) is 9.03 Å². The SMILES string of the molecule is CC=CN1c2ncccc2C=CC1I.